The molecule has 0 aliphatic heterocycles. The fourth-order valence-electron chi connectivity index (χ4n) is 0.367. The van der Waals surface area contributed by atoms with Gasteiger partial charge >= 0.3 is 0 Å². The number of carbonyl (C=O) groups is 2. The van der Waals surface area contributed by atoms with Gasteiger partial charge in [0, 0.05) is 0 Å². The molecule has 0 aromatic heterocycles. The van der Waals surface area contributed by atoms with Gasteiger partial charge in [0.15, 0.2) is 0 Å². The van der Waals surface area contributed by atoms with Gasteiger partial charge in [-0.15, -0.1) is 0 Å². The maximum atomic E-state index is 10.5. The maximum absolute atomic E-state index is 10.5. The van der Waals surface area contributed by atoms with Crippen LogP contribution in [0.15, 0.2) is 12.2 Å². The molecule has 56 valence electrons. The molecule has 0 rings (SSSR count). The Morgan fingerprint density at radius 2 is 2.20 bits per heavy atom. The highest BCUT2D eigenvalue weighted by molar-refractivity contribution is 6.64. The second kappa shape index (κ2) is 4.99. The van der Waals surface area contributed by atoms with Crippen molar-refractivity contribution in [2.75, 3.05) is 6.54 Å². The molecule has 1 amide bonds. The average molecular weight is 162 g/mol. The third kappa shape index (κ3) is 5.31. The molecule has 0 radical (unpaired) electrons. The Morgan fingerprint density at radius 1 is 1.60 bits per heavy atom. The van der Waals surface area contributed by atoms with Gasteiger partial charge in [0.25, 0.3) is 0 Å². The molecule has 0 bridgehead atoms. The first-order valence-electron chi connectivity index (χ1n) is 2.75. The molecule has 0 aliphatic rings. The number of rotatable bonds is 3. The summed E-state index contributed by atoms with van der Waals surface area (Å²) in [6.45, 7) is 1.59. The Hall–Kier alpha value is -0.830. The lowest BCUT2D eigenvalue weighted by Crippen LogP contribution is -2.25. The normalized spacial score (nSPS) is 9.80. The van der Waals surface area contributed by atoms with E-state index in [-0.39, 0.29) is 12.5 Å². The minimum Gasteiger partial charge on any atom is -0.344 e. The van der Waals surface area contributed by atoms with Gasteiger partial charge in [-0.1, -0.05) is 6.08 Å². The molecule has 0 fully saturated rings. The molecule has 0 heterocycles. The van der Waals surface area contributed by atoms with E-state index in [9.17, 15) is 9.59 Å². The van der Waals surface area contributed by atoms with Crippen LogP contribution in [0.3, 0.4) is 0 Å². The van der Waals surface area contributed by atoms with Crippen molar-refractivity contribution in [1.82, 2.24) is 5.32 Å². The molecule has 0 spiro atoms. The van der Waals surface area contributed by atoms with Crippen molar-refractivity contribution in [1.29, 1.82) is 0 Å². The number of hydrogen-bond acceptors (Lipinski definition) is 2. The number of halogens is 1. The van der Waals surface area contributed by atoms with E-state index in [1.54, 1.807) is 13.0 Å². The standard InChI is InChI=1S/C6H8ClNO2/c1-2-3-6(10)8-4-5(7)9/h2-3H,4H2,1H3,(H,8,10). The van der Waals surface area contributed by atoms with Gasteiger partial charge in [-0.25, -0.2) is 0 Å². The summed E-state index contributed by atoms with van der Waals surface area (Å²) in [6.07, 6.45) is 2.90. The fraction of sp³-hybridized carbons (Fsp3) is 0.333. The van der Waals surface area contributed by atoms with Gasteiger partial charge in [0.05, 0.1) is 6.54 Å². The molecule has 0 aromatic rings. The molecule has 1 N–H and O–H groups in total. The molecular weight excluding hydrogens is 154 g/mol. The topological polar surface area (TPSA) is 46.2 Å². The van der Waals surface area contributed by atoms with E-state index < -0.39 is 5.24 Å². The van der Waals surface area contributed by atoms with Gasteiger partial charge in [-0.05, 0) is 24.6 Å². The minimum atomic E-state index is -0.571. The van der Waals surface area contributed by atoms with Crippen molar-refractivity contribution in [2.45, 2.75) is 6.92 Å². The predicted octanol–water partition coefficient (Wildman–Crippen LogP) is 0.444. The second-order valence-corrected chi connectivity index (χ2v) is 1.99. The van der Waals surface area contributed by atoms with Crippen LogP contribution in [0.25, 0.3) is 0 Å². The Morgan fingerprint density at radius 3 is 2.60 bits per heavy atom. The molecular formula is C6H8ClNO2. The Bertz CT molecular complexity index is 165. The van der Waals surface area contributed by atoms with Crippen molar-refractivity contribution in [2.24, 2.45) is 0 Å². The van der Waals surface area contributed by atoms with Crippen LogP contribution in [0.4, 0.5) is 0 Å². The van der Waals surface area contributed by atoms with Crippen LogP contribution >= 0.6 is 11.6 Å². The molecule has 0 unspecified atom stereocenters. The Balaban J connectivity index is 3.50. The zero-order chi connectivity index (χ0) is 7.98. The minimum absolute atomic E-state index is 0.120. The summed E-state index contributed by atoms with van der Waals surface area (Å²) < 4.78 is 0. The van der Waals surface area contributed by atoms with Crippen LogP contribution in [0.1, 0.15) is 6.92 Å². The largest absolute Gasteiger partial charge is 0.344 e. The first-order chi connectivity index (χ1) is 4.66. The van der Waals surface area contributed by atoms with Crippen LogP contribution in [-0.2, 0) is 9.59 Å². The molecule has 3 nitrogen and oxygen atoms in total. The summed E-state index contributed by atoms with van der Waals surface area (Å²) in [5.74, 6) is -0.309. The van der Waals surface area contributed by atoms with Gasteiger partial charge in [-0.3, -0.25) is 9.59 Å². The van der Waals surface area contributed by atoms with E-state index in [2.05, 4.69) is 5.32 Å². The summed E-state index contributed by atoms with van der Waals surface area (Å²) in [5, 5.41) is 1.70. The number of amides is 1. The monoisotopic (exact) mass is 161 g/mol. The van der Waals surface area contributed by atoms with Crippen molar-refractivity contribution in [3.63, 3.8) is 0 Å². The summed E-state index contributed by atoms with van der Waals surface area (Å²) >= 11 is 4.94. The lowest BCUT2D eigenvalue weighted by atomic mass is 10.5. The zero-order valence-electron chi connectivity index (χ0n) is 5.56. The van der Waals surface area contributed by atoms with Crippen LogP contribution in [0.5, 0.6) is 0 Å². The summed E-state index contributed by atoms with van der Waals surface area (Å²) in [5.41, 5.74) is 0. The third-order valence-electron chi connectivity index (χ3n) is 0.720. The lowest BCUT2D eigenvalue weighted by Gasteiger charge is -1.93. The van der Waals surface area contributed by atoms with E-state index in [1.807, 2.05) is 0 Å². The Kier molecular flexibility index (Phi) is 4.58. The highest BCUT2D eigenvalue weighted by Gasteiger charge is 1.96. The van der Waals surface area contributed by atoms with Crippen molar-refractivity contribution in [3.8, 4) is 0 Å². The first-order valence-corrected chi connectivity index (χ1v) is 3.13. The summed E-state index contributed by atoms with van der Waals surface area (Å²) in [7, 11) is 0. The molecule has 4 heteroatoms. The van der Waals surface area contributed by atoms with E-state index in [0.717, 1.165) is 0 Å². The molecule has 0 saturated carbocycles. The van der Waals surface area contributed by atoms with E-state index in [4.69, 9.17) is 11.6 Å². The predicted molar refractivity (Wildman–Crippen MR) is 38.7 cm³/mol. The SMILES string of the molecule is CC=CC(=O)NCC(=O)Cl. The van der Waals surface area contributed by atoms with Crippen LogP contribution in [0.2, 0.25) is 0 Å². The van der Waals surface area contributed by atoms with Crippen LogP contribution in [0, 0.1) is 0 Å². The molecule has 10 heavy (non-hydrogen) atoms. The van der Waals surface area contributed by atoms with Crippen molar-refractivity contribution in [3.05, 3.63) is 12.2 Å². The first kappa shape index (κ1) is 9.17. The molecule has 0 atom stereocenters. The van der Waals surface area contributed by atoms with E-state index in [1.165, 1.54) is 6.08 Å². The Labute approximate surface area is 64.1 Å². The second-order valence-electron chi connectivity index (χ2n) is 1.57. The van der Waals surface area contributed by atoms with Crippen molar-refractivity contribution >= 4 is 22.8 Å². The quantitative estimate of drug-likeness (QED) is 0.483. The molecule has 0 saturated heterocycles. The summed E-state index contributed by atoms with van der Waals surface area (Å²) in [4.78, 5) is 20.6. The number of carbonyl (C=O) groups excluding carboxylic acids is 2. The highest BCUT2D eigenvalue weighted by atomic mass is 35.5. The number of hydrogen-bond donors (Lipinski definition) is 1. The van der Waals surface area contributed by atoms with Gasteiger partial charge in [0.2, 0.25) is 11.1 Å². The highest BCUT2D eigenvalue weighted by Crippen LogP contribution is 1.76. The number of allylic oxidation sites excluding steroid dienone is 1. The average Bonchev–Trinajstić information content (AvgIpc) is 1.85. The third-order valence-corrected chi connectivity index (χ3v) is 0.853. The lowest BCUT2D eigenvalue weighted by molar-refractivity contribution is -0.119. The van der Waals surface area contributed by atoms with E-state index in [0.29, 0.717) is 0 Å². The van der Waals surface area contributed by atoms with Gasteiger partial charge in [-0.2, -0.15) is 0 Å². The summed E-state index contributed by atoms with van der Waals surface area (Å²) in [6, 6.07) is 0. The zero-order valence-corrected chi connectivity index (χ0v) is 6.31. The maximum Gasteiger partial charge on any atom is 0.244 e. The van der Waals surface area contributed by atoms with Crippen LogP contribution in [-0.4, -0.2) is 17.7 Å². The molecule has 0 aromatic carbocycles. The fourth-order valence-corrected chi connectivity index (χ4v) is 0.434. The number of nitrogens with one attached hydrogen (secondary N) is 1. The van der Waals surface area contributed by atoms with Crippen molar-refractivity contribution < 1.29 is 9.59 Å². The van der Waals surface area contributed by atoms with E-state index >= 15 is 0 Å². The molecule has 0 aliphatic carbocycles. The van der Waals surface area contributed by atoms with Crippen LogP contribution < -0.4 is 5.32 Å². The van der Waals surface area contributed by atoms with Gasteiger partial charge < -0.3 is 5.32 Å². The van der Waals surface area contributed by atoms with Gasteiger partial charge in [0.1, 0.15) is 0 Å². The smallest absolute Gasteiger partial charge is 0.244 e.